The van der Waals surface area contributed by atoms with Crippen molar-refractivity contribution in [3.8, 4) is 5.75 Å². The first-order valence-corrected chi connectivity index (χ1v) is 7.79. The van der Waals surface area contributed by atoms with E-state index in [0.29, 0.717) is 5.02 Å². The summed E-state index contributed by atoms with van der Waals surface area (Å²) in [5, 5.41) is 3.83. The first-order valence-electron chi connectivity index (χ1n) is 6.54. The van der Waals surface area contributed by atoms with Gasteiger partial charge in [-0.25, -0.2) is 0 Å². The van der Waals surface area contributed by atoms with E-state index in [0.717, 1.165) is 28.2 Å². The van der Waals surface area contributed by atoms with Crippen molar-refractivity contribution < 1.29 is 9.53 Å². The fourth-order valence-electron chi connectivity index (χ4n) is 2.44. The lowest BCUT2D eigenvalue weighted by atomic mass is 10.0. The molecule has 2 unspecified atom stereocenters. The van der Waals surface area contributed by atoms with Gasteiger partial charge in [0.05, 0.1) is 18.4 Å². The summed E-state index contributed by atoms with van der Waals surface area (Å²) >= 11 is 7.76. The number of hydrogen-bond donors (Lipinski definition) is 1. The van der Waals surface area contributed by atoms with Crippen LogP contribution >= 0.6 is 23.4 Å². The van der Waals surface area contributed by atoms with Gasteiger partial charge < -0.3 is 14.8 Å². The SMILES string of the molecule is COc1ccc(Cl)cc1C1Sc2ccccc2NC1C=O. The maximum Gasteiger partial charge on any atom is 0.143 e. The summed E-state index contributed by atoms with van der Waals surface area (Å²) in [5.41, 5.74) is 1.91. The Balaban J connectivity index is 2.05. The first-order chi connectivity index (χ1) is 10.2. The number of thioether (sulfide) groups is 1. The van der Waals surface area contributed by atoms with Crippen molar-refractivity contribution in [1.29, 1.82) is 0 Å². The minimum atomic E-state index is -0.322. The number of benzene rings is 2. The molecule has 1 N–H and O–H groups in total. The van der Waals surface area contributed by atoms with Crippen LogP contribution in [0, 0.1) is 0 Å². The van der Waals surface area contributed by atoms with Crippen molar-refractivity contribution in [2.45, 2.75) is 16.2 Å². The first kappa shape index (κ1) is 14.3. The summed E-state index contributed by atoms with van der Waals surface area (Å²) in [6, 6.07) is 13.1. The highest BCUT2D eigenvalue weighted by Crippen LogP contribution is 2.48. The van der Waals surface area contributed by atoms with Gasteiger partial charge in [0.15, 0.2) is 0 Å². The van der Waals surface area contributed by atoms with Crippen LogP contribution in [0.25, 0.3) is 0 Å². The Hall–Kier alpha value is -1.65. The number of halogens is 1. The number of para-hydroxylation sites is 1. The topological polar surface area (TPSA) is 38.3 Å². The van der Waals surface area contributed by atoms with Gasteiger partial charge in [0, 0.05) is 21.2 Å². The molecule has 0 spiro atoms. The number of hydrogen-bond acceptors (Lipinski definition) is 4. The Kier molecular flexibility index (Phi) is 4.08. The van der Waals surface area contributed by atoms with Crippen LogP contribution in [0.5, 0.6) is 5.75 Å². The predicted octanol–water partition coefficient (Wildman–Crippen LogP) is 4.18. The molecule has 0 fully saturated rings. The molecule has 21 heavy (non-hydrogen) atoms. The van der Waals surface area contributed by atoms with Gasteiger partial charge in [-0.15, -0.1) is 11.8 Å². The van der Waals surface area contributed by atoms with E-state index >= 15 is 0 Å². The van der Waals surface area contributed by atoms with Crippen LogP contribution in [0.1, 0.15) is 10.8 Å². The van der Waals surface area contributed by atoms with E-state index in [2.05, 4.69) is 5.32 Å². The van der Waals surface area contributed by atoms with E-state index in [-0.39, 0.29) is 11.3 Å². The van der Waals surface area contributed by atoms with Crippen LogP contribution in [-0.2, 0) is 4.79 Å². The molecule has 0 saturated carbocycles. The van der Waals surface area contributed by atoms with Gasteiger partial charge in [-0.2, -0.15) is 0 Å². The summed E-state index contributed by atoms with van der Waals surface area (Å²) in [4.78, 5) is 12.6. The van der Waals surface area contributed by atoms with Gasteiger partial charge >= 0.3 is 0 Å². The minimum Gasteiger partial charge on any atom is -0.496 e. The van der Waals surface area contributed by atoms with Crippen molar-refractivity contribution >= 4 is 35.3 Å². The third-order valence-electron chi connectivity index (χ3n) is 3.43. The van der Waals surface area contributed by atoms with E-state index in [1.165, 1.54) is 0 Å². The molecule has 0 aromatic heterocycles. The minimum absolute atomic E-state index is 0.0777. The van der Waals surface area contributed by atoms with Crippen LogP contribution in [0.4, 0.5) is 5.69 Å². The molecule has 2 aromatic carbocycles. The molecule has 0 radical (unpaired) electrons. The Morgan fingerprint density at radius 3 is 2.86 bits per heavy atom. The van der Waals surface area contributed by atoms with Crippen LogP contribution in [0.2, 0.25) is 5.02 Å². The molecule has 3 rings (SSSR count). The highest BCUT2D eigenvalue weighted by molar-refractivity contribution is 7.99. The molecule has 0 bridgehead atoms. The second kappa shape index (κ2) is 6.00. The lowest BCUT2D eigenvalue weighted by Gasteiger charge is -2.32. The standard InChI is InChI=1S/C16H14ClNO2S/c1-20-14-7-6-10(17)8-11(14)16-13(9-19)18-12-4-2-3-5-15(12)21-16/h2-9,13,16,18H,1H3. The second-order valence-electron chi connectivity index (χ2n) is 4.73. The van der Waals surface area contributed by atoms with Gasteiger partial charge in [0.2, 0.25) is 0 Å². The molecular formula is C16H14ClNO2S. The second-order valence-corrected chi connectivity index (χ2v) is 6.35. The molecule has 0 aliphatic carbocycles. The number of aldehydes is 1. The quantitative estimate of drug-likeness (QED) is 0.862. The average Bonchev–Trinajstić information content (AvgIpc) is 2.53. The number of carbonyl (C=O) groups excluding carboxylic acids is 1. The molecule has 2 aromatic rings. The molecule has 0 saturated heterocycles. The monoisotopic (exact) mass is 319 g/mol. The lowest BCUT2D eigenvalue weighted by molar-refractivity contribution is -0.108. The molecule has 2 atom stereocenters. The zero-order valence-electron chi connectivity index (χ0n) is 11.4. The fraction of sp³-hybridized carbons (Fsp3) is 0.188. The number of fused-ring (bicyclic) bond motifs is 1. The van der Waals surface area contributed by atoms with Gasteiger partial charge in [0.25, 0.3) is 0 Å². The van der Waals surface area contributed by atoms with Gasteiger partial charge in [-0.3, -0.25) is 0 Å². The third-order valence-corrected chi connectivity index (χ3v) is 5.08. The summed E-state index contributed by atoms with van der Waals surface area (Å²) in [5.74, 6) is 0.741. The Morgan fingerprint density at radius 2 is 2.10 bits per heavy atom. The maximum absolute atomic E-state index is 11.5. The largest absolute Gasteiger partial charge is 0.496 e. The molecular weight excluding hydrogens is 306 g/mol. The number of rotatable bonds is 3. The molecule has 1 heterocycles. The number of methoxy groups -OCH3 is 1. The Morgan fingerprint density at radius 1 is 1.29 bits per heavy atom. The highest BCUT2D eigenvalue weighted by Gasteiger charge is 2.31. The van der Waals surface area contributed by atoms with Crippen LogP contribution in [0.15, 0.2) is 47.4 Å². The number of anilines is 1. The van der Waals surface area contributed by atoms with Gasteiger partial charge in [-0.1, -0.05) is 23.7 Å². The molecule has 1 aliphatic rings. The average molecular weight is 320 g/mol. The zero-order chi connectivity index (χ0) is 14.8. The van der Waals surface area contributed by atoms with Crippen LogP contribution in [-0.4, -0.2) is 19.4 Å². The predicted molar refractivity (Wildman–Crippen MR) is 86.5 cm³/mol. The summed E-state index contributed by atoms with van der Waals surface area (Å²) in [7, 11) is 1.62. The maximum atomic E-state index is 11.5. The molecule has 108 valence electrons. The van der Waals surface area contributed by atoms with Gasteiger partial charge in [-0.05, 0) is 30.3 Å². The molecule has 5 heteroatoms. The van der Waals surface area contributed by atoms with Crippen molar-refractivity contribution in [1.82, 2.24) is 0 Å². The number of carbonyl (C=O) groups is 1. The van der Waals surface area contributed by atoms with Crippen molar-refractivity contribution in [2.75, 3.05) is 12.4 Å². The number of ether oxygens (including phenoxy) is 1. The Labute approximate surface area is 132 Å². The lowest BCUT2D eigenvalue weighted by Crippen LogP contribution is -2.30. The van der Waals surface area contributed by atoms with Gasteiger partial charge in [0.1, 0.15) is 12.0 Å². The van der Waals surface area contributed by atoms with E-state index < -0.39 is 0 Å². The Bertz CT molecular complexity index is 677. The molecule has 0 amide bonds. The van der Waals surface area contributed by atoms with E-state index in [1.54, 1.807) is 24.9 Å². The van der Waals surface area contributed by atoms with Crippen LogP contribution in [0.3, 0.4) is 0 Å². The highest BCUT2D eigenvalue weighted by atomic mass is 35.5. The molecule has 3 nitrogen and oxygen atoms in total. The normalized spacial score (nSPS) is 20.3. The number of nitrogens with one attached hydrogen (secondary N) is 1. The van der Waals surface area contributed by atoms with Crippen molar-refractivity contribution in [3.63, 3.8) is 0 Å². The summed E-state index contributed by atoms with van der Waals surface area (Å²) in [6.45, 7) is 0. The van der Waals surface area contributed by atoms with Crippen LogP contribution < -0.4 is 10.1 Å². The van der Waals surface area contributed by atoms with E-state index in [9.17, 15) is 4.79 Å². The van der Waals surface area contributed by atoms with Crippen molar-refractivity contribution in [3.05, 3.63) is 53.1 Å². The zero-order valence-corrected chi connectivity index (χ0v) is 12.9. The third kappa shape index (κ3) is 2.74. The summed E-state index contributed by atoms with van der Waals surface area (Å²) < 4.78 is 5.42. The van der Waals surface area contributed by atoms with E-state index in [4.69, 9.17) is 16.3 Å². The summed E-state index contributed by atoms with van der Waals surface area (Å²) in [6.07, 6.45) is 0.938. The fourth-order valence-corrected chi connectivity index (χ4v) is 3.90. The smallest absolute Gasteiger partial charge is 0.143 e. The van der Waals surface area contributed by atoms with E-state index in [1.807, 2.05) is 36.4 Å². The van der Waals surface area contributed by atoms with Crippen molar-refractivity contribution in [2.24, 2.45) is 0 Å². The molecule has 1 aliphatic heterocycles.